The van der Waals surface area contributed by atoms with E-state index in [0.29, 0.717) is 24.8 Å². The van der Waals surface area contributed by atoms with Gasteiger partial charge < -0.3 is 14.7 Å². The van der Waals surface area contributed by atoms with Gasteiger partial charge in [-0.2, -0.15) is 4.31 Å². The van der Waals surface area contributed by atoms with Crippen molar-refractivity contribution in [3.8, 4) is 17.6 Å². The van der Waals surface area contributed by atoms with Crippen LogP contribution < -0.4 is 4.74 Å². The summed E-state index contributed by atoms with van der Waals surface area (Å²) in [5.41, 5.74) is 0.763. The third-order valence-corrected chi connectivity index (χ3v) is 7.23. The zero-order chi connectivity index (χ0) is 20.5. The van der Waals surface area contributed by atoms with Crippen LogP contribution in [0.15, 0.2) is 23.1 Å². The fraction of sp³-hybridized carbons (Fsp3) is 0.619. The van der Waals surface area contributed by atoms with Crippen LogP contribution in [0.4, 0.5) is 0 Å². The predicted molar refractivity (Wildman–Crippen MR) is 109 cm³/mol. The summed E-state index contributed by atoms with van der Waals surface area (Å²) in [7, 11) is 0.153. The summed E-state index contributed by atoms with van der Waals surface area (Å²) >= 11 is 0. The molecule has 1 aromatic rings. The lowest BCUT2D eigenvalue weighted by Gasteiger charge is -2.37. The van der Waals surface area contributed by atoms with Gasteiger partial charge in [0.05, 0.1) is 6.61 Å². The SMILES string of the molecule is C[C@H](CO)N1C[C@H](C)[C@H](CN(C)C)Oc2cc(C#CC3CC3)ccc2S1(=O)=O. The van der Waals surface area contributed by atoms with Gasteiger partial charge in [0.15, 0.2) is 0 Å². The minimum Gasteiger partial charge on any atom is -0.487 e. The highest BCUT2D eigenvalue weighted by molar-refractivity contribution is 7.89. The Labute approximate surface area is 168 Å². The molecular weight excluding hydrogens is 376 g/mol. The molecule has 3 rings (SSSR count). The Kier molecular flexibility index (Phi) is 6.35. The molecule has 1 heterocycles. The molecule has 0 spiro atoms. The van der Waals surface area contributed by atoms with Crippen LogP contribution in [-0.4, -0.2) is 68.7 Å². The van der Waals surface area contributed by atoms with Gasteiger partial charge in [0.25, 0.3) is 0 Å². The maximum Gasteiger partial charge on any atom is 0.247 e. The standard InChI is InChI=1S/C21H30N2O4S/c1-15-12-23(16(2)14-24)28(25,26)21-10-9-18(8-7-17-5-6-17)11-19(21)27-20(15)13-22(3)4/h9-11,15-17,20,24H,5-6,12-14H2,1-4H3/t15-,16+,20-/m0/s1. The maximum atomic E-state index is 13.3. The Morgan fingerprint density at radius 2 is 2.07 bits per heavy atom. The first kappa shape index (κ1) is 21.1. The van der Waals surface area contributed by atoms with Crippen molar-refractivity contribution in [3.05, 3.63) is 23.8 Å². The average molecular weight is 407 g/mol. The lowest BCUT2D eigenvalue weighted by molar-refractivity contribution is 0.0812. The van der Waals surface area contributed by atoms with E-state index in [2.05, 4.69) is 11.8 Å². The van der Waals surface area contributed by atoms with Crippen LogP contribution >= 0.6 is 0 Å². The summed E-state index contributed by atoms with van der Waals surface area (Å²) in [6.07, 6.45) is 2.10. The molecule has 7 heteroatoms. The predicted octanol–water partition coefficient (Wildman–Crippen LogP) is 1.78. The second kappa shape index (κ2) is 8.42. The van der Waals surface area contributed by atoms with E-state index in [4.69, 9.17) is 4.74 Å². The van der Waals surface area contributed by atoms with Crippen molar-refractivity contribution in [1.29, 1.82) is 0 Å². The monoisotopic (exact) mass is 406 g/mol. The van der Waals surface area contributed by atoms with E-state index in [1.807, 2.05) is 25.9 Å². The first-order valence-corrected chi connectivity index (χ1v) is 11.3. The molecule has 1 fully saturated rings. The third-order valence-electron chi connectivity index (χ3n) is 5.21. The maximum absolute atomic E-state index is 13.3. The Bertz CT molecular complexity index is 868. The van der Waals surface area contributed by atoms with Crippen molar-refractivity contribution in [2.75, 3.05) is 33.8 Å². The van der Waals surface area contributed by atoms with E-state index in [0.717, 1.165) is 18.4 Å². The fourth-order valence-electron chi connectivity index (χ4n) is 3.29. The van der Waals surface area contributed by atoms with Crippen LogP contribution in [0.5, 0.6) is 5.75 Å². The van der Waals surface area contributed by atoms with E-state index >= 15 is 0 Å². The molecule has 2 aliphatic rings. The Morgan fingerprint density at radius 3 is 2.68 bits per heavy atom. The number of rotatable bonds is 4. The number of aliphatic hydroxyl groups excluding tert-OH is 1. The summed E-state index contributed by atoms with van der Waals surface area (Å²) in [5, 5.41) is 9.64. The second-order valence-corrected chi connectivity index (χ2v) is 10.1. The van der Waals surface area contributed by atoms with Gasteiger partial charge in [-0.05, 0) is 52.1 Å². The van der Waals surface area contributed by atoms with Gasteiger partial charge in [-0.1, -0.05) is 18.8 Å². The van der Waals surface area contributed by atoms with Crippen molar-refractivity contribution in [2.45, 2.75) is 43.7 Å². The van der Waals surface area contributed by atoms with Gasteiger partial charge in [-0.15, -0.1) is 0 Å². The Hall–Kier alpha value is -1.59. The molecule has 154 valence electrons. The highest BCUT2D eigenvalue weighted by Gasteiger charge is 2.37. The average Bonchev–Trinajstić information content (AvgIpc) is 3.46. The van der Waals surface area contributed by atoms with Gasteiger partial charge >= 0.3 is 0 Å². The molecule has 0 saturated heterocycles. The Morgan fingerprint density at radius 1 is 1.36 bits per heavy atom. The largest absolute Gasteiger partial charge is 0.487 e. The summed E-state index contributed by atoms with van der Waals surface area (Å²) in [5.74, 6) is 7.12. The summed E-state index contributed by atoms with van der Waals surface area (Å²) in [6.45, 7) is 4.45. The Balaban J connectivity index is 2.07. The minimum atomic E-state index is -3.79. The molecule has 1 N–H and O–H groups in total. The number of hydrogen-bond donors (Lipinski definition) is 1. The lowest BCUT2D eigenvalue weighted by Crippen LogP contribution is -2.49. The molecule has 1 aliphatic heterocycles. The first-order valence-electron chi connectivity index (χ1n) is 9.82. The van der Waals surface area contributed by atoms with Crippen molar-refractivity contribution < 1.29 is 18.3 Å². The summed E-state index contributed by atoms with van der Waals surface area (Å²) in [4.78, 5) is 2.17. The summed E-state index contributed by atoms with van der Waals surface area (Å²) in [6, 6.07) is 4.56. The van der Waals surface area contributed by atoms with Gasteiger partial charge in [0.2, 0.25) is 10.0 Å². The summed E-state index contributed by atoms with van der Waals surface area (Å²) < 4.78 is 34.3. The smallest absolute Gasteiger partial charge is 0.247 e. The number of likely N-dealkylation sites (N-methyl/N-ethyl adjacent to an activating group) is 1. The number of hydrogen-bond acceptors (Lipinski definition) is 5. The molecule has 1 saturated carbocycles. The normalized spacial score (nSPS) is 25.6. The number of ether oxygens (including phenoxy) is 1. The zero-order valence-corrected chi connectivity index (χ0v) is 17.9. The second-order valence-electron chi connectivity index (χ2n) is 8.21. The number of nitrogens with zero attached hydrogens (tertiary/aromatic N) is 2. The topological polar surface area (TPSA) is 70.1 Å². The van der Waals surface area contributed by atoms with Crippen LogP contribution in [0.2, 0.25) is 0 Å². The van der Waals surface area contributed by atoms with Crippen molar-refractivity contribution in [3.63, 3.8) is 0 Å². The van der Waals surface area contributed by atoms with E-state index in [1.54, 1.807) is 25.1 Å². The molecule has 3 atom stereocenters. The van der Waals surface area contributed by atoms with Gasteiger partial charge in [0.1, 0.15) is 16.7 Å². The van der Waals surface area contributed by atoms with Crippen LogP contribution in [0.1, 0.15) is 32.3 Å². The van der Waals surface area contributed by atoms with Gasteiger partial charge in [0, 0.05) is 36.5 Å². The number of fused-ring (bicyclic) bond motifs is 1. The highest BCUT2D eigenvalue weighted by atomic mass is 32.2. The van der Waals surface area contributed by atoms with E-state index in [-0.39, 0.29) is 23.5 Å². The van der Waals surface area contributed by atoms with Crippen LogP contribution in [0.25, 0.3) is 0 Å². The zero-order valence-electron chi connectivity index (χ0n) is 17.1. The minimum absolute atomic E-state index is 0.0412. The molecular formula is C21H30N2O4S. The van der Waals surface area contributed by atoms with Crippen molar-refractivity contribution in [1.82, 2.24) is 9.21 Å². The van der Waals surface area contributed by atoms with Gasteiger partial charge in [-0.3, -0.25) is 0 Å². The molecule has 0 amide bonds. The highest BCUT2D eigenvalue weighted by Crippen LogP contribution is 2.34. The van der Waals surface area contributed by atoms with E-state index < -0.39 is 16.1 Å². The molecule has 1 aromatic carbocycles. The fourth-order valence-corrected chi connectivity index (χ4v) is 5.12. The molecule has 0 aromatic heterocycles. The quantitative estimate of drug-likeness (QED) is 0.772. The van der Waals surface area contributed by atoms with Crippen molar-refractivity contribution >= 4 is 10.0 Å². The van der Waals surface area contributed by atoms with Gasteiger partial charge in [-0.25, -0.2) is 8.42 Å². The van der Waals surface area contributed by atoms with E-state index in [1.165, 1.54) is 4.31 Å². The molecule has 28 heavy (non-hydrogen) atoms. The molecule has 0 bridgehead atoms. The van der Waals surface area contributed by atoms with Crippen LogP contribution in [0.3, 0.4) is 0 Å². The van der Waals surface area contributed by atoms with E-state index in [9.17, 15) is 13.5 Å². The number of sulfonamides is 1. The first-order chi connectivity index (χ1) is 13.2. The molecule has 6 nitrogen and oxygen atoms in total. The molecule has 0 radical (unpaired) electrons. The van der Waals surface area contributed by atoms with Crippen LogP contribution in [-0.2, 0) is 10.0 Å². The van der Waals surface area contributed by atoms with Crippen molar-refractivity contribution in [2.24, 2.45) is 11.8 Å². The molecule has 1 aliphatic carbocycles. The number of aliphatic hydroxyl groups is 1. The third kappa shape index (κ3) is 4.69. The van der Waals surface area contributed by atoms with Crippen LogP contribution in [0, 0.1) is 23.7 Å². The molecule has 0 unspecified atom stereocenters. The number of benzene rings is 1. The lowest BCUT2D eigenvalue weighted by atomic mass is 10.0.